The molecule has 0 aliphatic carbocycles. The average molecular weight is 379 g/mol. The van der Waals surface area contributed by atoms with Gasteiger partial charge in [0.1, 0.15) is 0 Å². The Bertz CT molecular complexity index is 905. The second kappa shape index (κ2) is 8.08. The first-order valence-electron chi connectivity index (χ1n) is 8.83. The Hall–Kier alpha value is -3.41. The lowest BCUT2D eigenvalue weighted by atomic mass is 9.90. The molecule has 0 spiro atoms. The van der Waals surface area contributed by atoms with Crippen molar-refractivity contribution in [2.75, 3.05) is 19.1 Å². The molecule has 0 radical (unpaired) electrons. The molecule has 0 bridgehead atoms. The summed E-state index contributed by atoms with van der Waals surface area (Å²) in [6.45, 7) is 1.48. The van der Waals surface area contributed by atoms with Crippen molar-refractivity contribution < 1.29 is 23.9 Å². The Morgan fingerprint density at radius 3 is 1.50 bits per heavy atom. The standard InChI is InChI=1S/C22H21NO5/c1-14(24)23-19-10-6-4-8-15(19)17(12-21(25)27-2)18(13-22(26)28-3)16-9-5-7-11-20(16)23/h4-11H,12-13H2,1-3H3. The van der Waals surface area contributed by atoms with Crippen LogP contribution in [-0.2, 0) is 23.9 Å². The highest BCUT2D eigenvalue weighted by Gasteiger charge is 2.30. The fraction of sp³-hybridized carbons (Fsp3) is 0.227. The molecule has 28 heavy (non-hydrogen) atoms. The van der Waals surface area contributed by atoms with E-state index in [-0.39, 0.29) is 18.7 Å². The lowest BCUT2D eigenvalue weighted by Crippen LogP contribution is -2.24. The second-order valence-electron chi connectivity index (χ2n) is 6.35. The van der Waals surface area contributed by atoms with E-state index in [0.717, 1.165) is 0 Å². The van der Waals surface area contributed by atoms with Gasteiger partial charge in [-0.05, 0) is 23.3 Å². The smallest absolute Gasteiger partial charge is 0.310 e. The van der Waals surface area contributed by atoms with E-state index in [2.05, 4.69) is 0 Å². The van der Waals surface area contributed by atoms with Crippen LogP contribution in [0.1, 0.15) is 30.9 Å². The fourth-order valence-corrected chi connectivity index (χ4v) is 3.48. The Morgan fingerprint density at radius 2 is 1.14 bits per heavy atom. The SMILES string of the molecule is COC(=O)CC1=C(CC(=O)OC)c2ccccc2N(C(C)=O)c2ccccc21. The van der Waals surface area contributed by atoms with Gasteiger partial charge in [0, 0.05) is 18.1 Å². The summed E-state index contributed by atoms with van der Waals surface area (Å²) in [5, 5.41) is 0. The molecule has 0 atom stereocenters. The lowest BCUT2D eigenvalue weighted by molar-refractivity contribution is -0.140. The van der Waals surface area contributed by atoms with Gasteiger partial charge < -0.3 is 9.47 Å². The second-order valence-corrected chi connectivity index (χ2v) is 6.35. The van der Waals surface area contributed by atoms with Gasteiger partial charge in [-0.1, -0.05) is 36.4 Å². The van der Waals surface area contributed by atoms with Crippen molar-refractivity contribution in [3.63, 3.8) is 0 Å². The van der Waals surface area contributed by atoms with Crippen LogP contribution in [0.15, 0.2) is 48.5 Å². The van der Waals surface area contributed by atoms with Crippen molar-refractivity contribution in [1.82, 2.24) is 0 Å². The molecule has 1 aliphatic rings. The number of carbonyl (C=O) groups excluding carboxylic acids is 3. The van der Waals surface area contributed by atoms with E-state index in [9.17, 15) is 14.4 Å². The minimum atomic E-state index is -0.430. The minimum absolute atomic E-state index is 0.0279. The number of nitrogens with zero attached hydrogens (tertiary/aromatic N) is 1. The van der Waals surface area contributed by atoms with Crippen molar-refractivity contribution in [3.05, 3.63) is 59.7 Å². The third-order valence-corrected chi connectivity index (χ3v) is 4.72. The number of methoxy groups -OCH3 is 2. The molecule has 0 aromatic heterocycles. The maximum absolute atomic E-state index is 12.6. The molecule has 0 N–H and O–H groups in total. The van der Waals surface area contributed by atoms with Gasteiger partial charge >= 0.3 is 11.9 Å². The first kappa shape index (κ1) is 19.4. The first-order chi connectivity index (χ1) is 13.5. The van der Waals surface area contributed by atoms with Crippen LogP contribution in [0.25, 0.3) is 11.1 Å². The molecule has 1 heterocycles. The molecule has 0 unspecified atom stereocenters. The molecule has 2 aromatic rings. The Morgan fingerprint density at radius 1 is 0.750 bits per heavy atom. The number of carbonyl (C=O) groups is 3. The summed E-state index contributed by atoms with van der Waals surface area (Å²) in [4.78, 5) is 38.5. The number of ether oxygens (including phenoxy) is 2. The quantitative estimate of drug-likeness (QED) is 0.757. The van der Waals surface area contributed by atoms with Gasteiger partial charge in [-0.3, -0.25) is 19.3 Å². The zero-order valence-electron chi connectivity index (χ0n) is 16.0. The number of anilines is 2. The van der Waals surface area contributed by atoms with Gasteiger partial charge in [-0.15, -0.1) is 0 Å². The van der Waals surface area contributed by atoms with Crippen LogP contribution >= 0.6 is 0 Å². The van der Waals surface area contributed by atoms with Crippen LogP contribution < -0.4 is 4.90 Å². The van der Waals surface area contributed by atoms with E-state index in [1.807, 2.05) is 48.5 Å². The van der Waals surface area contributed by atoms with Crippen molar-refractivity contribution >= 4 is 40.4 Å². The lowest BCUT2D eigenvalue weighted by Gasteiger charge is -2.24. The number of esters is 2. The summed E-state index contributed by atoms with van der Waals surface area (Å²) in [6.07, 6.45) is -0.0557. The molecule has 0 fully saturated rings. The summed E-state index contributed by atoms with van der Waals surface area (Å²) in [5.41, 5.74) is 4.01. The number of amides is 1. The molecule has 3 rings (SSSR count). The highest BCUT2D eigenvalue weighted by atomic mass is 16.5. The number of fused-ring (bicyclic) bond motifs is 2. The number of hydrogen-bond donors (Lipinski definition) is 0. The topological polar surface area (TPSA) is 72.9 Å². The maximum atomic E-state index is 12.6. The Labute approximate surface area is 163 Å². The highest BCUT2D eigenvalue weighted by molar-refractivity contribution is 6.13. The van der Waals surface area contributed by atoms with E-state index >= 15 is 0 Å². The maximum Gasteiger partial charge on any atom is 0.310 e. The van der Waals surface area contributed by atoms with Gasteiger partial charge in [0.25, 0.3) is 0 Å². The number of rotatable bonds is 4. The van der Waals surface area contributed by atoms with Crippen molar-refractivity contribution in [2.45, 2.75) is 19.8 Å². The van der Waals surface area contributed by atoms with Crippen LogP contribution in [0.3, 0.4) is 0 Å². The summed E-state index contributed by atoms with van der Waals surface area (Å²) in [7, 11) is 2.64. The average Bonchev–Trinajstić information content (AvgIpc) is 2.81. The monoisotopic (exact) mass is 379 g/mol. The zero-order chi connectivity index (χ0) is 20.3. The van der Waals surface area contributed by atoms with Gasteiger partial charge in [-0.25, -0.2) is 0 Å². The van der Waals surface area contributed by atoms with E-state index in [1.165, 1.54) is 21.1 Å². The van der Waals surface area contributed by atoms with Gasteiger partial charge in [0.2, 0.25) is 5.91 Å². The number of hydrogen-bond acceptors (Lipinski definition) is 5. The van der Waals surface area contributed by atoms with Crippen LogP contribution in [0.5, 0.6) is 0 Å². The van der Waals surface area contributed by atoms with Crippen molar-refractivity contribution in [1.29, 1.82) is 0 Å². The van der Waals surface area contributed by atoms with E-state index in [4.69, 9.17) is 9.47 Å². The first-order valence-corrected chi connectivity index (χ1v) is 8.83. The van der Waals surface area contributed by atoms with E-state index in [1.54, 1.807) is 4.90 Å². The third-order valence-electron chi connectivity index (χ3n) is 4.72. The largest absolute Gasteiger partial charge is 0.469 e. The normalized spacial score (nSPS) is 12.6. The molecule has 2 aromatic carbocycles. The Kier molecular flexibility index (Phi) is 5.59. The van der Waals surface area contributed by atoms with Crippen molar-refractivity contribution in [3.8, 4) is 0 Å². The Balaban J connectivity index is 2.38. The summed E-state index contributed by atoms with van der Waals surface area (Å²) >= 11 is 0. The molecular formula is C22H21NO5. The molecule has 0 saturated heterocycles. The predicted molar refractivity (Wildman–Crippen MR) is 106 cm³/mol. The van der Waals surface area contributed by atoms with Gasteiger partial charge in [0.05, 0.1) is 38.4 Å². The molecule has 1 amide bonds. The van der Waals surface area contributed by atoms with Gasteiger partial charge in [0.15, 0.2) is 0 Å². The predicted octanol–water partition coefficient (Wildman–Crippen LogP) is 3.72. The molecule has 6 nitrogen and oxygen atoms in total. The van der Waals surface area contributed by atoms with Crippen LogP contribution in [0, 0.1) is 0 Å². The van der Waals surface area contributed by atoms with E-state index < -0.39 is 11.9 Å². The van der Waals surface area contributed by atoms with Crippen LogP contribution in [0.4, 0.5) is 11.4 Å². The zero-order valence-corrected chi connectivity index (χ0v) is 16.0. The number of benzene rings is 2. The fourth-order valence-electron chi connectivity index (χ4n) is 3.48. The van der Waals surface area contributed by atoms with Crippen molar-refractivity contribution in [2.24, 2.45) is 0 Å². The summed E-state index contributed by atoms with van der Waals surface area (Å²) in [6, 6.07) is 14.7. The third kappa shape index (κ3) is 3.53. The van der Waals surface area contributed by atoms with Gasteiger partial charge in [-0.2, -0.15) is 0 Å². The molecule has 144 valence electrons. The highest BCUT2D eigenvalue weighted by Crippen LogP contribution is 2.46. The minimum Gasteiger partial charge on any atom is -0.469 e. The number of para-hydroxylation sites is 2. The van der Waals surface area contributed by atoms with Crippen LogP contribution in [0.2, 0.25) is 0 Å². The molecular weight excluding hydrogens is 358 g/mol. The molecule has 6 heteroatoms. The van der Waals surface area contributed by atoms with E-state index in [0.29, 0.717) is 33.6 Å². The molecule has 1 aliphatic heterocycles. The van der Waals surface area contributed by atoms with Crippen LogP contribution in [-0.4, -0.2) is 32.1 Å². The molecule has 0 saturated carbocycles. The summed E-state index contributed by atoms with van der Waals surface area (Å²) < 4.78 is 9.76. The summed E-state index contributed by atoms with van der Waals surface area (Å²) in [5.74, 6) is -1.03.